The molecule has 0 amide bonds. The summed E-state index contributed by atoms with van der Waals surface area (Å²) in [5, 5.41) is 13.8. The maximum Gasteiger partial charge on any atom is 0.341 e. The molecule has 3 aromatic heterocycles. The topological polar surface area (TPSA) is 122 Å². The normalized spacial score (nSPS) is 18.5. The van der Waals surface area contributed by atoms with Crippen LogP contribution >= 0.6 is 23.9 Å². The van der Waals surface area contributed by atoms with E-state index < -0.39 is 11.4 Å². The van der Waals surface area contributed by atoms with Gasteiger partial charge in [-0.3, -0.25) is 9.36 Å². The van der Waals surface area contributed by atoms with Gasteiger partial charge in [0, 0.05) is 56.4 Å². The lowest BCUT2D eigenvalue weighted by Gasteiger charge is -2.40. The molecule has 0 spiro atoms. The molecule has 2 fully saturated rings. The summed E-state index contributed by atoms with van der Waals surface area (Å²) < 4.78 is 11.3. The van der Waals surface area contributed by atoms with Gasteiger partial charge in [0.25, 0.3) is 0 Å². The van der Waals surface area contributed by atoms with Gasteiger partial charge in [0.15, 0.2) is 5.65 Å². The molecule has 1 unspecified atom stereocenters. The Morgan fingerprint density at radius 3 is 2.82 bits per heavy atom. The maximum absolute atomic E-state index is 12.9. The van der Waals surface area contributed by atoms with E-state index in [1.807, 2.05) is 13.0 Å². The molecule has 2 aliphatic rings. The highest BCUT2D eigenvalue weighted by Crippen LogP contribution is 2.28. The fourth-order valence-corrected chi connectivity index (χ4v) is 5.02. The minimum absolute atomic E-state index is 0. The van der Waals surface area contributed by atoms with E-state index in [0.29, 0.717) is 33.8 Å². The van der Waals surface area contributed by atoms with Crippen molar-refractivity contribution in [2.24, 2.45) is 5.92 Å². The predicted octanol–water partition coefficient (Wildman–Crippen LogP) is 2.26. The van der Waals surface area contributed by atoms with Gasteiger partial charge >= 0.3 is 5.97 Å². The maximum atomic E-state index is 12.9. The van der Waals surface area contributed by atoms with E-state index in [9.17, 15) is 14.7 Å². The van der Waals surface area contributed by atoms with Crippen molar-refractivity contribution < 1.29 is 14.6 Å². The molecule has 5 rings (SSSR count). The number of aromatic carboxylic acids is 1. The molecule has 5 heterocycles. The van der Waals surface area contributed by atoms with Crippen LogP contribution in [0.15, 0.2) is 23.4 Å². The lowest BCUT2D eigenvalue weighted by molar-refractivity contribution is 0.0163. The Balaban J connectivity index is 0.00000274. The molecule has 10 nitrogen and oxygen atoms in total. The number of carboxylic acids is 1. The van der Waals surface area contributed by atoms with Crippen LogP contribution in [-0.4, -0.2) is 68.9 Å². The molecular formula is C22H27ClN6O4S. The summed E-state index contributed by atoms with van der Waals surface area (Å²) in [5.74, 6) is 0.0130. The Morgan fingerprint density at radius 2 is 2.15 bits per heavy atom. The summed E-state index contributed by atoms with van der Waals surface area (Å²) in [5.41, 5.74) is 0.239. The summed E-state index contributed by atoms with van der Waals surface area (Å²) >= 11 is 1.11. The van der Waals surface area contributed by atoms with Crippen molar-refractivity contribution in [2.45, 2.75) is 32.3 Å². The first kappa shape index (κ1) is 24.5. The van der Waals surface area contributed by atoms with Crippen molar-refractivity contribution in [2.75, 3.05) is 37.7 Å². The second kappa shape index (κ2) is 10.3. The lowest BCUT2D eigenvalue weighted by Crippen LogP contribution is -2.52. The van der Waals surface area contributed by atoms with Crippen LogP contribution in [0.3, 0.4) is 0 Å². The number of pyridine rings is 2. The highest BCUT2D eigenvalue weighted by molar-refractivity contribution is 7.08. The second-order valence-electron chi connectivity index (χ2n) is 8.68. The molecular weight excluding hydrogens is 480 g/mol. The number of carbonyl (C=O) groups is 1. The van der Waals surface area contributed by atoms with Crippen LogP contribution in [-0.2, 0) is 4.74 Å². The molecule has 1 atom stereocenters. The molecule has 182 valence electrons. The van der Waals surface area contributed by atoms with Crippen molar-refractivity contribution in [3.63, 3.8) is 0 Å². The van der Waals surface area contributed by atoms with E-state index in [1.165, 1.54) is 18.9 Å². The van der Waals surface area contributed by atoms with E-state index in [-0.39, 0.29) is 18.0 Å². The third kappa shape index (κ3) is 4.78. The van der Waals surface area contributed by atoms with Crippen LogP contribution in [0.5, 0.6) is 0 Å². The highest BCUT2D eigenvalue weighted by Gasteiger charge is 2.29. The first-order valence-electron chi connectivity index (χ1n) is 11.2. The van der Waals surface area contributed by atoms with Crippen LogP contribution in [0.25, 0.3) is 16.2 Å². The number of nitrogens with one attached hydrogen (secondary N) is 1. The van der Waals surface area contributed by atoms with Crippen molar-refractivity contribution in [1.82, 2.24) is 24.2 Å². The number of aromatic nitrogens is 4. The average molecular weight is 507 g/mol. The summed E-state index contributed by atoms with van der Waals surface area (Å²) in [6.45, 7) is 6.24. The quantitative estimate of drug-likeness (QED) is 0.496. The van der Waals surface area contributed by atoms with E-state index in [0.717, 1.165) is 63.0 Å². The first-order chi connectivity index (χ1) is 16.0. The molecule has 2 N–H and O–H groups in total. The Morgan fingerprint density at radius 1 is 1.32 bits per heavy atom. The number of ether oxygens (including phenoxy) is 1. The molecule has 0 aliphatic carbocycles. The predicted molar refractivity (Wildman–Crippen MR) is 132 cm³/mol. The molecule has 34 heavy (non-hydrogen) atoms. The Hall–Kier alpha value is -2.60. The van der Waals surface area contributed by atoms with E-state index in [4.69, 9.17) is 9.72 Å². The summed E-state index contributed by atoms with van der Waals surface area (Å²) in [6.07, 6.45) is 6.55. The summed E-state index contributed by atoms with van der Waals surface area (Å²) in [7, 11) is 0. The van der Waals surface area contributed by atoms with Crippen LogP contribution in [0, 0.1) is 12.8 Å². The van der Waals surface area contributed by atoms with Gasteiger partial charge in [-0.1, -0.05) is 0 Å². The first-order valence-corrected chi connectivity index (χ1v) is 11.9. The van der Waals surface area contributed by atoms with E-state index >= 15 is 0 Å². The van der Waals surface area contributed by atoms with Crippen LogP contribution in [0.1, 0.15) is 35.2 Å². The van der Waals surface area contributed by atoms with Gasteiger partial charge in [0.2, 0.25) is 10.6 Å². The number of rotatable bonds is 7. The minimum Gasteiger partial charge on any atom is -0.477 e. The number of fused-ring (bicyclic) bond motifs is 1. The third-order valence-electron chi connectivity index (χ3n) is 6.29. The minimum atomic E-state index is -1.28. The van der Waals surface area contributed by atoms with Crippen LogP contribution in [0.2, 0.25) is 0 Å². The van der Waals surface area contributed by atoms with Gasteiger partial charge < -0.3 is 20.1 Å². The molecule has 3 aromatic rings. The lowest BCUT2D eigenvalue weighted by atomic mass is 9.99. The van der Waals surface area contributed by atoms with E-state index in [1.54, 1.807) is 4.57 Å². The number of hydrogen-bond donors (Lipinski definition) is 2. The zero-order valence-electron chi connectivity index (χ0n) is 18.8. The van der Waals surface area contributed by atoms with E-state index in [2.05, 4.69) is 19.6 Å². The number of carboxylic acid groups (broad SMARTS) is 1. The van der Waals surface area contributed by atoms with Crippen molar-refractivity contribution in [3.8, 4) is 5.13 Å². The number of halogens is 1. The average Bonchev–Trinajstić information content (AvgIpc) is 3.30. The van der Waals surface area contributed by atoms with Gasteiger partial charge in [-0.2, -0.15) is 4.37 Å². The molecule has 12 heteroatoms. The molecule has 0 saturated carbocycles. The number of anilines is 1. The zero-order chi connectivity index (χ0) is 22.9. The Bertz CT molecular complexity index is 1220. The van der Waals surface area contributed by atoms with Gasteiger partial charge in [0.05, 0.1) is 11.5 Å². The number of aryl methyl sites for hydroxylation is 1. The zero-order valence-corrected chi connectivity index (χ0v) is 20.4. The largest absolute Gasteiger partial charge is 0.477 e. The third-order valence-corrected chi connectivity index (χ3v) is 6.95. The van der Waals surface area contributed by atoms with Gasteiger partial charge in [-0.05, 0) is 37.8 Å². The monoisotopic (exact) mass is 506 g/mol. The smallest absolute Gasteiger partial charge is 0.341 e. The van der Waals surface area contributed by atoms with Crippen LogP contribution in [0.4, 0.5) is 5.82 Å². The number of hydrogen-bond acceptors (Lipinski definition) is 9. The second-order valence-corrected chi connectivity index (χ2v) is 9.44. The SMILES string of the molecule is Cc1cc(N2CC(CNCC3CCCCO3)C2)nc2c1c(=O)c(C(=O)O)cn2-c1ncns1.Cl. The standard InChI is InChI=1S/C22H26N6O4S.ClH/c1-13-6-17(27-9-14(10-27)7-23-8-15-4-2-3-5-32-15)26-20-18(13)19(29)16(21(30)31)11-28(20)22-24-12-25-33-22;/h6,11-12,14-15,23H,2-5,7-10H2,1H3,(H,30,31);1H. The van der Waals surface area contributed by atoms with Crippen molar-refractivity contribution in [1.29, 1.82) is 0 Å². The van der Waals surface area contributed by atoms with Gasteiger partial charge in [-0.15, -0.1) is 12.4 Å². The van der Waals surface area contributed by atoms with Crippen molar-refractivity contribution >= 4 is 46.8 Å². The van der Waals surface area contributed by atoms with Gasteiger partial charge in [-0.25, -0.2) is 14.8 Å². The molecule has 0 bridgehead atoms. The van der Waals surface area contributed by atoms with Crippen molar-refractivity contribution in [3.05, 3.63) is 39.9 Å². The molecule has 0 aromatic carbocycles. The summed E-state index contributed by atoms with van der Waals surface area (Å²) in [4.78, 5) is 35.7. The highest BCUT2D eigenvalue weighted by atomic mass is 35.5. The van der Waals surface area contributed by atoms with Crippen LogP contribution < -0.4 is 15.6 Å². The summed E-state index contributed by atoms with van der Waals surface area (Å²) in [6, 6.07) is 1.86. The van der Waals surface area contributed by atoms with Gasteiger partial charge in [0.1, 0.15) is 17.7 Å². The fraction of sp³-hybridized carbons (Fsp3) is 0.500. The molecule has 2 saturated heterocycles. The molecule has 0 radical (unpaired) electrons. The molecule has 2 aliphatic heterocycles. The fourth-order valence-electron chi connectivity index (χ4n) is 4.51. The number of nitrogens with zero attached hydrogens (tertiary/aromatic N) is 5. The Kier molecular flexibility index (Phi) is 7.46. The Labute approximate surface area is 206 Å².